The first kappa shape index (κ1) is 23.3. The van der Waals surface area contributed by atoms with E-state index in [-0.39, 0.29) is 5.69 Å². The summed E-state index contributed by atoms with van der Waals surface area (Å²) in [7, 11) is 0. The van der Waals surface area contributed by atoms with E-state index in [1.807, 2.05) is 25.1 Å². The molecule has 4 aromatic rings. The van der Waals surface area contributed by atoms with Gasteiger partial charge in [-0.15, -0.1) is 0 Å². The smallest absolute Gasteiger partial charge is 0.323 e. The van der Waals surface area contributed by atoms with Gasteiger partial charge in [-0.3, -0.25) is 5.10 Å². The minimum absolute atomic E-state index is 0.0000961. The van der Waals surface area contributed by atoms with E-state index in [1.165, 1.54) is 24.6 Å². The second kappa shape index (κ2) is 10.5. The van der Waals surface area contributed by atoms with E-state index in [1.54, 1.807) is 24.5 Å². The average molecular weight is 487 g/mol. The van der Waals surface area contributed by atoms with E-state index in [4.69, 9.17) is 4.74 Å². The first-order chi connectivity index (χ1) is 17.5. The van der Waals surface area contributed by atoms with Crippen molar-refractivity contribution in [2.24, 2.45) is 0 Å². The summed E-state index contributed by atoms with van der Waals surface area (Å²) in [5.41, 5.74) is 4.28. The molecule has 2 aromatic heterocycles. The Labute approximate surface area is 208 Å². The fraction of sp³-hybridized carbons (Fsp3) is 0.222. The summed E-state index contributed by atoms with van der Waals surface area (Å²) in [6.45, 7) is 4.01. The lowest BCUT2D eigenvalue weighted by molar-refractivity contribution is 0.262. The zero-order chi connectivity index (χ0) is 24.9. The Morgan fingerprint density at radius 2 is 1.92 bits per heavy atom. The van der Waals surface area contributed by atoms with Crippen molar-refractivity contribution in [3.8, 4) is 22.9 Å². The van der Waals surface area contributed by atoms with Crippen LogP contribution in [0.5, 0.6) is 11.6 Å². The van der Waals surface area contributed by atoms with Gasteiger partial charge in [0.2, 0.25) is 5.88 Å². The largest absolute Gasteiger partial charge is 0.439 e. The number of pyridine rings is 1. The van der Waals surface area contributed by atoms with Crippen molar-refractivity contribution in [3.05, 3.63) is 78.4 Å². The van der Waals surface area contributed by atoms with Crippen molar-refractivity contribution in [2.75, 3.05) is 28.6 Å². The van der Waals surface area contributed by atoms with Gasteiger partial charge in [-0.25, -0.2) is 14.2 Å². The number of ether oxygens (including phenoxy) is 1. The number of benzene rings is 2. The van der Waals surface area contributed by atoms with E-state index in [2.05, 4.69) is 36.8 Å². The molecule has 184 valence electrons. The molecule has 0 bridgehead atoms. The van der Waals surface area contributed by atoms with Crippen LogP contribution in [0.15, 0.2) is 67.0 Å². The standard InChI is InChI=1S/C27H27FN6O2/c1-18-12-20(14-21(13-18)34-10-3-2-4-11-34)31-27(35)33-25-15-22(8-9-23(25)28)36-26-7-5-6-24(32-26)19-16-29-30-17-19/h5-9,12-17H,2-4,10-11H2,1H3,(H,29,30)(H2,31,33,35). The molecule has 1 saturated heterocycles. The van der Waals surface area contributed by atoms with Gasteiger partial charge in [0.25, 0.3) is 0 Å². The van der Waals surface area contributed by atoms with Crippen LogP contribution in [-0.4, -0.2) is 34.3 Å². The Balaban J connectivity index is 1.27. The van der Waals surface area contributed by atoms with E-state index >= 15 is 0 Å². The molecule has 0 atom stereocenters. The predicted molar refractivity (Wildman–Crippen MR) is 138 cm³/mol. The van der Waals surface area contributed by atoms with Crippen LogP contribution in [0.2, 0.25) is 0 Å². The maximum atomic E-state index is 14.5. The van der Waals surface area contributed by atoms with Crippen LogP contribution < -0.4 is 20.3 Å². The normalized spacial score (nSPS) is 13.3. The molecule has 1 aliphatic heterocycles. The predicted octanol–water partition coefficient (Wildman–Crippen LogP) is 6.35. The number of urea groups is 1. The summed E-state index contributed by atoms with van der Waals surface area (Å²) in [4.78, 5) is 19.5. The summed E-state index contributed by atoms with van der Waals surface area (Å²) in [5, 5.41) is 12.1. The van der Waals surface area contributed by atoms with Gasteiger partial charge in [0, 0.05) is 48.4 Å². The molecule has 0 spiro atoms. The van der Waals surface area contributed by atoms with Crippen LogP contribution in [-0.2, 0) is 0 Å². The van der Waals surface area contributed by atoms with Crippen molar-refractivity contribution < 1.29 is 13.9 Å². The van der Waals surface area contributed by atoms with Gasteiger partial charge >= 0.3 is 6.03 Å². The van der Waals surface area contributed by atoms with Crippen LogP contribution >= 0.6 is 0 Å². The Hall–Kier alpha value is -4.40. The molecule has 5 rings (SSSR count). The molecule has 0 saturated carbocycles. The third kappa shape index (κ3) is 5.63. The molecule has 0 aliphatic carbocycles. The van der Waals surface area contributed by atoms with Gasteiger partial charge in [-0.1, -0.05) is 6.07 Å². The number of amides is 2. The Morgan fingerprint density at radius 3 is 2.72 bits per heavy atom. The lowest BCUT2D eigenvalue weighted by Crippen LogP contribution is -2.29. The van der Waals surface area contributed by atoms with Gasteiger partial charge in [0.1, 0.15) is 11.6 Å². The summed E-state index contributed by atoms with van der Waals surface area (Å²) in [6, 6.07) is 14.9. The number of piperidine rings is 1. The summed E-state index contributed by atoms with van der Waals surface area (Å²) in [6.07, 6.45) is 6.97. The number of anilines is 3. The fourth-order valence-corrected chi connectivity index (χ4v) is 4.26. The fourth-order valence-electron chi connectivity index (χ4n) is 4.26. The Bertz CT molecular complexity index is 1350. The second-order valence-corrected chi connectivity index (χ2v) is 8.78. The SMILES string of the molecule is Cc1cc(NC(=O)Nc2cc(Oc3cccc(-c4cn[nH]c4)n3)ccc2F)cc(N2CCCCC2)c1. The van der Waals surface area contributed by atoms with Gasteiger partial charge in [-0.05, 0) is 68.1 Å². The van der Waals surface area contributed by atoms with Crippen molar-refractivity contribution >= 4 is 23.1 Å². The monoisotopic (exact) mass is 486 g/mol. The van der Waals surface area contributed by atoms with E-state index in [0.717, 1.165) is 42.7 Å². The third-order valence-electron chi connectivity index (χ3n) is 5.97. The van der Waals surface area contributed by atoms with Gasteiger partial charge < -0.3 is 20.3 Å². The molecule has 1 fully saturated rings. The number of halogens is 1. The molecule has 36 heavy (non-hydrogen) atoms. The summed E-state index contributed by atoms with van der Waals surface area (Å²) >= 11 is 0. The number of hydrogen-bond acceptors (Lipinski definition) is 5. The third-order valence-corrected chi connectivity index (χ3v) is 5.97. The summed E-state index contributed by atoms with van der Waals surface area (Å²) in [5.74, 6) is 0.100. The number of aromatic amines is 1. The molecule has 0 unspecified atom stereocenters. The molecule has 1 aliphatic rings. The van der Waals surface area contributed by atoms with Gasteiger partial charge in [-0.2, -0.15) is 5.10 Å². The number of nitrogens with zero attached hydrogens (tertiary/aromatic N) is 3. The molecular weight excluding hydrogens is 459 g/mol. The molecule has 2 amide bonds. The summed E-state index contributed by atoms with van der Waals surface area (Å²) < 4.78 is 20.3. The first-order valence-corrected chi connectivity index (χ1v) is 11.9. The van der Waals surface area contributed by atoms with Crippen molar-refractivity contribution in [2.45, 2.75) is 26.2 Å². The Morgan fingerprint density at radius 1 is 1.06 bits per heavy atom. The van der Waals surface area contributed by atoms with Crippen molar-refractivity contribution in [1.29, 1.82) is 0 Å². The number of hydrogen-bond donors (Lipinski definition) is 3. The highest BCUT2D eigenvalue weighted by molar-refractivity contribution is 6.00. The van der Waals surface area contributed by atoms with E-state index in [9.17, 15) is 9.18 Å². The molecule has 3 heterocycles. The van der Waals surface area contributed by atoms with Crippen LogP contribution in [0.4, 0.5) is 26.2 Å². The van der Waals surface area contributed by atoms with E-state index < -0.39 is 11.8 Å². The van der Waals surface area contributed by atoms with Gasteiger partial charge in [0.05, 0.1) is 17.6 Å². The van der Waals surface area contributed by atoms with E-state index in [0.29, 0.717) is 23.0 Å². The van der Waals surface area contributed by atoms with Gasteiger partial charge in [0.15, 0.2) is 0 Å². The lowest BCUT2D eigenvalue weighted by atomic mass is 10.1. The first-order valence-electron chi connectivity index (χ1n) is 11.9. The highest BCUT2D eigenvalue weighted by Crippen LogP contribution is 2.28. The number of H-pyrrole nitrogens is 1. The molecule has 2 aromatic carbocycles. The van der Waals surface area contributed by atoms with Crippen LogP contribution in [0.3, 0.4) is 0 Å². The minimum Gasteiger partial charge on any atom is -0.439 e. The number of carbonyl (C=O) groups is 1. The highest BCUT2D eigenvalue weighted by atomic mass is 19.1. The quantitative estimate of drug-likeness (QED) is 0.295. The molecule has 0 radical (unpaired) electrons. The number of carbonyl (C=O) groups excluding carboxylic acids is 1. The molecule has 9 heteroatoms. The minimum atomic E-state index is -0.573. The Kier molecular flexibility index (Phi) is 6.79. The zero-order valence-corrected chi connectivity index (χ0v) is 19.9. The molecular formula is C27H27FN6O2. The molecule has 3 N–H and O–H groups in total. The zero-order valence-electron chi connectivity index (χ0n) is 19.9. The lowest BCUT2D eigenvalue weighted by Gasteiger charge is -2.29. The molecule has 8 nitrogen and oxygen atoms in total. The van der Waals surface area contributed by atoms with Crippen molar-refractivity contribution in [1.82, 2.24) is 15.2 Å². The maximum absolute atomic E-state index is 14.5. The van der Waals surface area contributed by atoms with Crippen LogP contribution in [0.25, 0.3) is 11.3 Å². The number of aromatic nitrogens is 3. The average Bonchev–Trinajstić information content (AvgIpc) is 3.42. The van der Waals surface area contributed by atoms with Crippen molar-refractivity contribution in [3.63, 3.8) is 0 Å². The highest BCUT2D eigenvalue weighted by Gasteiger charge is 2.14. The topological polar surface area (TPSA) is 95.2 Å². The maximum Gasteiger partial charge on any atom is 0.323 e. The van der Waals surface area contributed by atoms with Crippen LogP contribution in [0.1, 0.15) is 24.8 Å². The second-order valence-electron chi connectivity index (χ2n) is 8.78. The number of nitrogens with one attached hydrogen (secondary N) is 3. The van der Waals surface area contributed by atoms with Crippen LogP contribution in [0, 0.1) is 12.7 Å². The number of rotatable bonds is 6. The number of aryl methyl sites for hydroxylation is 1.